The molecule has 2 aromatic heterocycles. The molecule has 5 aromatic rings. The second kappa shape index (κ2) is 8.94. The van der Waals surface area contributed by atoms with E-state index in [1.807, 2.05) is 6.07 Å². The number of fused-ring (bicyclic) bond motifs is 3. The van der Waals surface area contributed by atoms with Crippen molar-refractivity contribution in [1.82, 2.24) is 20.1 Å². The van der Waals surface area contributed by atoms with E-state index in [0.717, 1.165) is 5.56 Å². The molecule has 0 aliphatic heterocycles. The standard InChI is InChI=1S/C26H21FN4O4/c1-34-22-10-3-15(11-23(22)35-2)13-29-25(32)16-4-9-21-19(12-16)24-20(14-28-21)26(33)31(30-24)18-7-5-17(27)6-8-18/h3-12,14,30H,13H2,1-2H3,(H,29,32). The van der Waals surface area contributed by atoms with Gasteiger partial charge >= 0.3 is 0 Å². The molecule has 5 rings (SSSR count). The second-order valence-electron chi connectivity index (χ2n) is 7.88. The van der Waals surface area contributed by atoms with Crippen molar-refractivity contribution in [2.45, 2.75) is 6.54 Å². The third kappa shape index (κ3) is 4.08. The van der Waals surface area contributed by atoms with Crippen LogP contribution in [0.5, 0.6) is 11.5 Å². The molecule has 0 atom stereocenters. The first kappa shape index (κ1) is 22.1. The van der Waals surface area contributed by atoms with Crippen molar-refractivity contribution < 1.29 is 18.7 Å². The number of hydrogen-bond acceptors (Lipinski definition) is 5. The van der Waals surface area contributed by atoms with Crippen molar-refractivity contribution in [3.8, 4) is 17.2 Å². The molecular formula is C26H21FN4O4. The Kier molecular flexibility index (Phi) is 5.66. The van der Waals surface area contributed by atoms with Gasteiger partial charge in [0.2, 0.25) is 0 Å². The number of H-pyrrole nitrogens is 1. The molecule has 9 heteroatoms. The first-order valence-electron chi connectivity index (χ1n) is 10.8. The van der Waals surface area contributed by atoms with Gasteiger partial charge in [-0.2, -0.15) is 0 Å². The number of ether oxygens (including phenoxy) is 2. The number of benzene rings is 3. The molecule has 2 N–H and O–H groups in total. The lowest BCUT2D eigenvalue weighted by Gasteiger charge is -2.10. The van der Waals surface area contributed by atoms with Gasteiger partial charge in [-0.15, -0.1) is 0 Å². The normalized spacial score (nSPS) is 11.1. The Morgan fingerprint density at radius 2 is 1.77 bits per heavy atom. The number of carbonyl (C=O) groups excluding carboxylic acids is 1. The fourth-order valence-electron chi connectivity index (χ4n) is 3.95. The van der Waals surface area contributed by atoms with Gasteiger partial charge in [0.05, 0.1) is 36.3 Å². The summed E-state index contributed by atoms with van der Waals surface area (Å²) in [6, 6.07) is 16.1. The van der Waals surface area contributed by atoms with Crippen LogP contribution in [-0.2, 0) is 6.54 Å². The number of nitrogens with zero attached hydrogens (tertiary/aromatic N) is 2. The van der Waals surface area contributed by atoms with Crippen LogP contribution in [0.2, 0.25) is 0 Å². The molecule has 0 aliphatic rings. The number of aromatic nitrogens is 3. The van der Waals surface area contributed by atoms with Crippen LogP contribution in [-0.4, -0.2) is 34.9 Å². The summed E-state index contributed by atoms with van der Waals surface area (Å²) >= 11 is 0. The van der Waals surface area contributed by atoms with E-state index in [-0.39, 0.29) is 18.0 Å². The fraction of sp³-hybridized carbons (Fsp3) is 0.115. The SMILES string of the molecule is COc1ccc(CNC(=O)c2ccc3ncc4c(=O)n(-c5ccc(F)cc5)[nH]c4c3c2)cc1OC. The molecule has 0 radical (unpaired) electrons. The van der Waals surface area contributed by atoms with E-state index in [4.69, 9.17) is 9.47 Å². The molecule has 0 fully saturated rings. The summed E-state index contributed by atoms with van der Waals surface area (Å²) < 4.78 is 25.2. The van der Waals surface area contributed by atoms with Crippen LogP contribution in [0.15, 0.2) is 71.7 Å². The number of methoxy groups -OCH3 is 2. The Morgan fingerprint density at radius 3 is 2.51 bits per heavy atom. The molecule has 0 bridgehead atoms. The maximum absolute atomic E-state index is 13.3. The van der Waals surface area contributed by atoms with E-state index >= 15 is 0 Å². The van der Waals surface area contributed by atoms with Crippen molar-refractivity contribution >= 4 is 27.7 Å². The molecular weight excluding hydrogens is 451 g/mol. The van der Waals surface area contributed by atoms with E-state index in [1.165, 1.54) is 35.1 Å². The Morgan fingerprint density at radius 1 is 1.00 bits per heavy atom. The summed E-state index contributed by atoms with van der Waals surface area (Å²) in [4.78, 5) is 30.2. The molecule has 3 aromatic carbocycles. The van der Waals surface area contributed by atoms with Gasteiger partial charge in [-0.05, 0) is 60.2 Å². The zero-order valence-corrected chi connectivity index (χ0v) is 19.0. The number of amides is 1. The molecule has 8 nitrogen and oxygen atoms in total. The number of pyridine rings is 1. The number of carbonyl (C=O) groups is 1. The third-order valence-corrected chi connectivity index (χ3v) is 5.77. The summed E-state index contributed by atoms with van der Waals surface area (Å²) in [5.41, 5.74) is 2.61. The number of halogens is 1. The first-order chi connectivity index (χ1) is 17.0. The van der Waals surface area contributed by atoms with Crippen LogP contribution >= 0.6 is 0 Å². The summed E-state index contributed by atoms with van der Waals surface area (Å²) in [5.74, 6) is 0.510. The largest absolute Gasteiger partial charge is 0.493 e. The maximum atomic E-state index is 13.3. The Balaban J connectivity index is 1.46. The molecule has 0 spiro atoms. The van der Waals surface area contributed by atoms with Crippen molar-refractivity contribution in [3.63, 3.8) is 0 Å². The predicted molar refractivity (Wildman–Crippen MR) is 130 cm³/mol. The highest BCUT2D eigenvalue weighted by molar-refractivity contribution is 6.06. The predicted octanol–water partition coefficient (Wildman–Crippen LogP) is 3.95. The smallest absolute Gasteiger partial charge is 0.280 e. The van der Waals surface area contributed by atoms with Gasteiger partial charge in [-0.3, -0.25) is 19.7 Å². The fourth-order valence-corrected chi connectivity index (χ4v) is 3.95. The molecule has 0 aliphatic carbocycles. The minimum atomic E-state index is -0.395. The highest BCUT2D eigenvalue weighted by atomic mass is 19.1. The van der Waals surface area contributed by atoms with Crippen LogP contribution in [0.25, 0.3) is 27.5 Å². The van der Waals surface area contributed by atoms with Crippen molar-refractivity contribution in [2.75, 3.05) is 14.2 Å². The minimum absolute atomic E-state index is 0.279. The van der Waals surface area contributed by atoms with Crippen LogP contribution in [0, 0.1) is 5.82 Å². The molecule has 176 valence electrons. The van der Waals surface area contributed by atoms with Crippen molar-refractivity contribution in [3.05, 3.63) is 94.2 Å². The van der Waals surface area contributed by atoms with E-state index in [1.54, 1.807) is 44.6 Å². The first-order valence-corrected chi connectivity index (χ1v) is 10.8. The van der Waals surface area contributed by atoms with Crippen LogP contribution < -0.4 is 20.3 Å². The molecule has 2 heterocycles. The van der Waals surface area contributed by atoms with Gasteiger partial charge in [0.15, 0.2) is 11.5 Å². The van der Waals surface area contributed by atoms with Gasteiger partial charge in [0, 0.05) is 23.7 Å². The molecule has 0 saturated carbocycles. The summed E-state index contributed by atoms with van der Waals surface area (Å²) in [6.07, 6.45) is 1.49. The average molecular weight is 472 g/mol. The van der Waals surface area contributed by atoms with Crippen LogP contribution in [0.3, 0.4) is 0 Å². The molecule has 1 amide bonds. The maximum Gasteiger partial charge on any atom is 0.280 e. The Labute approximate surface area is 198 Å². The van der Waals surface area contributed by atoms with Crippen LogP contribution in [0.1, 0.15) is 15.9 Å². The Hall–Kier alpha value is -4.66. The zero-order chi connectivity index (χ0) is 24.5. The number of hydrogen-bond donors (Lipinski definition) is 2. The van der Waals surface area contributed by atoms with E-state index in [2.05, 4.69) is 15.4 Å². The molecule has 35 heavy (non-hydrogen) atoms. The van der Waals surface area contributed by atoms with Gasteiger partial charge in [0.1, 0.15) is 5.82 Å². The monoisotopic (exact) mass is 472 g/mol. The van der Waals surface area contributed by atoms with Gasteiger partial charge in [-0.1, -0.05) is 6.07 Å². The summed E-state index contributed by atoms with van der Waals surface area (Å²) in [5, 5.41) is 6.96. The number of rotatable bonds is 6. The summed E-state index contributed by atoms with van der Waals surface area (Å²) in [6.45, 7) is 0.289. The number of nitrogens with one attached hydrogen (secondary N) is 2. The second-order valence-corrected chi connectivity index (χ2v) is 7.88. The van der Waals surface area contributed by atoms with Crippen LogP contribution in [0.4, 0.5) is 4.39 Å². The molecule has 0 unspecified atom stereocenters. The van der Waals surface area contributed by atoms with Gasteiger partial charge < -0.3 is 14.8 Å². The topological polar surface area (TPSA) is 98.2 Å². The highest BCUT2D eigenvalue weighted by Gasteiger charge is 2.15. The van der Waals surface area contributed by atoms with E-state index < -0.39 is 5.82 Å². The quantitative estimate of drug-likeness (QED) is 0.390. The van der Waals surface area contributed by atoms with Crippen molar-refractivity contribution in [1.29, 1.82) is 0 Å². The summed E-state index contributed by atoms with van der Waals surface area (Å²) in [7, 11) is 3.11. The van der Waals surface area contributed by atoms with Crippen molar-refractivity contribution in [2.24, 2.45) is 0 Å². The third-order valence-electron chi connectivity index (χ3n) is 5.77. The van der Waals surface area contributed by atoms with Gasteiger partial charge in [-0.25, -0.2) is 9.07 Å². The lowest BCUT2D eigenvalue weighted by atomic mass is 10.1. The number of aromatic amines is 1. The Bertz CT molecular complexity index is 1620. The lowest BCUT2D eigenvalue weighted by Crippen LogP contribution is -2.22. The molecule has 0 saturated heterocycles. The lowest BCUT2D eigenvalue weighted by molar-refractivity contribution is 0.0951. The average Bonchev–Trinajstić information content (AvgIpc) is 3.23. The van der Waals surface area contributed by atoms with E-state index in [0.29, 0.717) is 44.6 Å². The zero-order valence-electron chi connectivity index (χ0n) is 19.0. The van der Waals surface area contributed by atoms with Gasteiger partial charge in [0.25, 0.3) is 11.5 Å². The minimum Gasteiger partial charge on any atom is -0.493 e. The highest BCUT2D eigenvalue weighted by Crippen LogP contribution is 2.27. The van der Waals surface area contributed by atoms with E-state index in [9.17, 15) is 14.0 Å².